The van der Waals surface area contributed by atoms with Gasteiger partial charge in [0.2, 0.25) is 0 Å². The summed E-state index contributed by atoms with van der Waals surface area (Å²) < 4.78 is 62.0. The fourth-order valence-electron chi connectivity index (χ4n) is 6.10. The minimum absolute atomic E-state index is 0.00587. The lowest BCUT2D eigenvalue weighted by molar-refractivity contribution is -0.155. The number of carbonyl (C=O) groups excluding carboxylic acids is 2. The van der Waals surface area contributed by atoms with Crippen molar-refractivity contribution in [3.8, 4) is 0 Å². The van der Waals surface area contributed by atoms with Crippen molar-refractivity contribution in [2.75, 3.05) is 5.75 Å². The van der Waals surface area contributed by atoms with Crippen molar-refractivity contribution in [1.29, 1.82) is 0 Å². The third-order valence-electron chi connectivity index (χ3n) is 8.60. The van der Waals surface area contributed by atoms with Gasteiger partial charge in [-0.05, 0) is 94.2 Å². The van der Waals surface area contributed by atoms with Gasteiger partial charge in [-0.1, -0.05) is 38.8 Å². The number of imidazole rings is 1. The standard InChI is InChI=1S/C35H47F2N3O5S/c1-6-20-35(36,37)33-39-29-21-27(32(42)38-22-25-12-16-28(17-13-25)46(43,44)7-2)15-18-30(29)40(33)23-26-10-8-24(9-11-26)14-19-31(41)45-34(3,4)5/h12-13,15-18,21,24,26H,6-11,14,19-20,22-23H2,1-5H3,(H,38,42). The van der Waals surface area contributed by atoms with Crippen LogP contribution in [0.3, 0.4) is 0 Å². The molecule has 1 aliphatic carbocycles. The van der Waals surface area contributed by atoms with Gasteiger partial charge in [0.15, 0.2) is 15.7 Å². The topological polar surface area (TPSA) is 107 Å². The number of aromatic nitrogens is 2. The molecular formula is C35H47F2N3O5S. The maximum atomic E-state index is 15.4. The second-order valence-corrected chi connectivity index (χ2v) is 15.7. The molecule has 8 nitrogen and oxygen atoms in total. The van der Waals surface area contributed by atoms with Crippen molar-refractivity contribution in [1.82, 2.24) is 14.9 Å². The Morgan fingerprint density at radius 2 is 1.65 bits per heavy atom. The number of amides is 1. The average Bonchev–Trinajstić information content (AvgIpc) is 3.37. The van der Waals surface area contributed by atoms with Crippen LogP contribution in [0.5, 0.6) is 0 Å². The molecule has 1 amide bonds. The number of carbonyl (C=O) groups is 2. The van der Waals surface area contributed by atoms with Crippen LogP contribution in [0.1, 0.15) is 108 Å². The van der Waals surface area contributed by atoms with Gasteiger partial charge in [0.05, 0.1) is 21.7 Å². The Labute approximate surface area is 271 Å². The number of sulfone groups is 1. The number of rotatable bonds is 13. The molecule has 1 N–H and O–H groups in total. The molecule has 1 heterocycles. The molecule has 0 spiro atoms. The minimum atomic E-state index is -3.31. The molecule has 0 unspecified atom stereocenters. The molecule has 252 valence electrons. The summed E-state index contributed by atoms with van der Waals surface area (Å²) in [6.45, 7) is 9.47. The van der Waals surface area contributed by atoms with Gasteiger partial charge in [-0.2, -0.15) is 8.78 Å². The van der Waals surface area contributed by atoms with E-state index in [1.165, 1.54) is 12.1 Å². The van der Waals surface area contributed by atoms with Crippen molar-refractivity contribution in [2.45, 2.75) is 115 Å². The van der Waals surface area contributed by atoms with E-state index in [9.17, 15) is 18.0 Å². The number of nitrogens with one attached hydrogen (secondary N) is 1. The quantitative estimate of drug-likeness (QED) is 0.190. The Hall–Kier alpha value is -3.34. The summed E-state index contributed by atoms with van der Waals surface area (Å²) in [6, 6.07) is 11.2. The van der Waals surface area contributed by atoms with Crippen LogP contribution in [-0.2, 0) is 38.4 Å². The molecule has 1 fully saturated rings. The molecule has 3 aromatic rings. The number of halogens is 2. The maximum Gasteiger partial charge on any atom is 0.306 e. The van der Waals surface area contributed by atoms with Crippen LogP contribution in [0.4, 0.5) is 8.78 Å². The molecule has 0 saturated heterocycles. The third-order valence-corrected chi connectivity index (χ3v) is 10.4. The normalized spacial score (nSPS) is 17.6. The van der Waals surface area contributed by atoms with E-state index in [0.29, 0.717) is 41.9 Å². The number of hydrogen-bond acceptors (Lipinski definition) is 6. The molecule has 0 radical (unpaired) electrons. The van der Waals surface area contributed by atoms with Gasteiger partial charge in [-0.15, -0.1) is 0 Å². The monoisotopic (exact) mass is 659 g/mol. The number of nitrogens with zero attached hydrogens (tertiary/aromatic N) is 2. The van der Waals surface area contributed by atoms with Gasteiger partial charge >= 0.3 is 11.9 Å². The van der Waals surface area contributed by atoms with Crippen molar-refractivity contribution in [3.05, 3.63) is 59.4 Å². The Balaban J connectivity index is 1.45. The number of ether oxygens (including phenoxy) is 1. The maximum absolute atomic E-state index is 15.4. The lowest BCUT2D eigenvalue weighted by Crippen LogP contribution is -2.26. The van der Waals surface area contributed by atoms with E-state index in [0.717, 1.165) is 37.7 Å². The first-order valence-electron chi connectivity index (χ1n) is 16.3. The predicted molar refractivity (Wildman–Crippen MR) is 174 cm³/mol. The lowest BCUT2D eigenvalue weighted by atomic mass is 9.80. The highest BCUT2D eigenvalue weighted by Gasteiger charge is 2.37. The number of fused-ring (bicyclic) bond motifs is 1. The zero-order chi connectivity index (χ0) is 33.7. The van der Waals surface area contributed by atoms with Gasteiger partial charge in [0.1, 0.15) is 5.60 Å². The summed E-state index contributed by atoms with van der Waals surface area (Å²) in [5, 5.41) is 2.82. The zero-order valence-electron chi connectivity index (χ0n) is 27.6. The number of benzene rings is 2. The van der Waals surface area contributed by atoms with Crippen LogP contribution in [0, 0.1) is 11.8 Å². The van der Waals surface area contributed by atoms with Gasteiger partial charge in [0, 0.05) is 31.5 Å². The fraction of sp³-hybridized carbons (Fsp3) is 0.571. The molecule has 11 heteroatoms. The lowest BCUT2D eigenvalue weighted by Gasteiger charge is -2.30. The summed E-state index contributed by atoms with van der Waals surface area (Å²) in [5.74, 6) is -3.33. The summed E-state index contributed by atoms with van der Waals surface area (Å²) in [4.78, 5) is 29.8. The predicted octanol–water partition coefficient (Wildman–Crippen LogP) is 7.58. The van der Waals surface area contributed by atoms with E-state index in [1.807, 2.05) is 20.8 Å². The zero-order valence-corrected chi connectivity index (χ0v) is 28.4. The van der Waals surface area contributed by atoms with E-state index < -0.39 is 21.4 Å². The van der Waals surface area contributed by atoms with Gasteiger partial charge in [-0.3, -0.25) is 9.59 Å². The van der Waals surface area contributed by atoms with E-state index in [4.69, 9.17) is 4.74 Å². The highest BCUT2D eigenvalue weighted by molar-refractivity contribution is 7.91. The Morgan fingerprint density at radius 1 is 1.00 bits per heavy atom. The van der Waals surface area contributed by atoms with Gasteiger partial charge < -0.3 is 14.6 Å². The first kappa shape index (κ1) is 35.5. The van der Waals surface area contributed by atoms with E-state index in [1.54, 1.807) is 48.7 Å². The van der Waals surface area contributed by atoms with Crippen LogP contribution in [0.25, 0.3) is 11.0 Å². The molecule has 2 aromatic carbocycles. The molecular weight excluding hydrogens is 612 g/mol. The van der Waals surface area contributed by atoms with Gasteiger partial charge in [-0.25, -0.2) is 13.4 Å². The average molecular weight is 660 g/mol. The molecule has 0 aliphatic heterocycles. The van der Waals surface area contributed by atoms with Crippen LogP contribution in [-0.4, -0.2) is 41.2 Å². The molecule has 1 aromatic heterocycles. The van der Waals surface area contributed by atoms with Crippen LogP contribution in [0.2, 0.25) is 0 Å². The first-order valence-corrected chi connectivity index (χ1v) is 18.0. The second kappa shape index (κ2) is 14.6. The Kier molecular flexibility index (Phi) is 11.3. The summed E-state index contributed by atoms with van der Waals surface area (Å²) in [6.07, 6.45) is 4.76. The summed E-state index contributed by atoms with van der Waals surface area (Å²) in [5.41, 5.74) is 1.45. The van der Waals surface area contributed by atoms with Crippen LogP contribution in [0.15, 0.2) is 47.4 Å². The SMILES string of the molecule is CCCC(F)(F)c1nc2cc(C(=O)NCc3ccc(S(=O)(=O)CC)cc3)ccc2n1CC1CCC(CCC(=O)OC(C)(C)C)CC1. The van der Waals surface area contributed by atoms with E-state index >= 15 is 8.78 Å². The molecule has 0 bridgehead atoms. The largest absolute Gasteiger partial charge is 0.460 e. The van der Waals surface area contributed by atoms with Crippen molar-refractivity contribution < 1.29 is 31.5 Å². The molecule has 0 atom stereocenters. The van der Waals surface area contributed by atoms with Gasteiger partial charge in [0.25, 0.3) is 5.91 Å². The Bertz CT molecular complexity index is 1620. The van der Waals surface area contributed by atoms with Crippen LogP contribution >= 0.6 is 0 Å². The molecule has 4 rings (SSSR count). The van der Waals surface area contributed by atoms with Crippen LogP contribution < -0.4 is 5.32 Å². The van der Waals surface area contributed by atoms with Crippen molar-refractivity contribution in [2.24, 2.45) is 11.8 Å². The Morgan fingerprint density at radius 3 is 2.26 bits per heavy atom. The first-order chi connectivity index (χ1) is 21.6. The number of esters is 1. The highest BCUT2D eigenvalue weighted by atomic mass is 32.2. The minimum Gasteiger partial charge on any atom is -0.460 e. The number of hydrogen-bond donors (Lipinski definition) is 1. The summed E-state index contributed by atoms with van der Waals surface area (Å²) >= 11 is 0. The molecule has 1 saturated carbocycles. The fourth-order valence-corrected chi connectivity index (χ4v) is 6.99. The smallest absolute Gasteiger partial charge is 0.306 e. The highest BCUT2D eigenvalue weighted by Crippen LogP contribution is 2.38. The summed E-state index contributed by atoms with van der Waals surface area (Å²) in [7, 11) is -3.31. The second-order valence-electron chi connectivity index (χ2n) is 13.4. The van der Waals surface area contributed by atoms with E-state index in [-0.39, 0.29) is 47.2 Å². The molecule has 1 aliphatic rings. The number of alkyl halides is 2. The van der Waals surface area contributed by atoms with Crippen molar-refractivity contribution in [3.63, 3.8) is 0 Å². The third kappa shape index (κ3) is 9.14. The van der Waals surface area contributed by atoms with E-state index in [2.05, 4.69) is 10.3 Å². The molecule has 46 heavy (non-hydrogen) atoms. The van der Waals surface area contributed by atoms with Crippen molar-refractivity contribution >= 4 is 32.7 Å².